The Labute approximate surface area is 47.7 Å². The lowest BCUT2D eigenvalue weighted by Gasteiger charge is -1.89. The van der Waals surface area contributed by atoms with Crippen molar-refractivity contribution in [1.82, 2.24) is 0 Å². The molecule has 1 fully saturated rings. The molecule has 0 radical (unpaired) electrons. The summed E-state index contributed by atoms with van der Waals surface area (Å²) in [5.41, 5.74) is 5.14. The van der Waals surface area contributed by atoms with Gasteiger partial charge in [0.15, 0.2) is 0 Å². The van der Waals surface area contributed by atoms with Crippen LogP contribution < -0.4 is 5.73 Å². The van der Waals surface area contributed by atoms with Crippen LogP contribution in [0.4, 0.5) is 0 Å². The van der Waals surface area contributed by atoms with Gasteiger partial charge in [-0.25, -0.2) is 0 Å². The van der Waals surface area contributed by atoms with Gasteiger partial charge >= 0.3 is 0 Å². The summed E-state index contributed by atoms with van der Waals surface area (Å²) in [6.45, 7) is -1.43. The van der Waals surface area contributed by atoms with Gasteiger partial charge in [0.25, 0.3) is 0 Å². The molecular formula is C6H13N. The molecule has 7 heavy (non-hydrogen) atoms. The second-order valence-corrected chi connectivity index (χ2v) is 2.19. The number of hydrogen-bond donors (Lipinski definition) is 1. The molecule has 0 spiro atoms. The van der Waals surface area contributed by atoms with Crippen LogP contribution in [0.15, 0.2) is 0 Å². The normalized spacial score (nSPS) is 26.4. The first kappa shape index (κ1) is 3.08. The van der Waals surface area contributed by atoms with Gasteiger partial charge in [0.1, 0.15) is 0 Å². The van der Waals surface area contributed by atoms with Crippen LogP contribution in [-0.4, -0.2) is 6.50 Å². The fourth-order valence-electron chi connectivity index (χ4n) is 0.694. The van der Waals surface area contributed by atoms with Crippen molar-refractivity contribution in [2.24, 2.45) is 11.7 Å². The molecule has 1 rings (SSSR count). The maximum absolute atomic E-state index is 7.00. The number of nitrogens with two attached hydrogens (primary N) is 1. The zero-order valence-corrected chi connectivity index (χ0v) is 4.48. The molecule has 0 aromatic carbocycles. The molecule has 0 atom stereocenters. The Hall–Kier alpha value is -0.0400. The molecule has 0 unspecified atom stereocenters. The van der Waals surface area contributed by atoms with Crippen LogP contribution in [0.1, 0.15) is 28.4 Å². The second-order valence-electron chi connectivity index (χ2n) is 2.19. The van der Waals surface area contributed by atoms with Crippen molar-refractivity contribution in [3.63, 3.8) is 0 Å². The third-order valence-electron chi connectivity index (χ3n) is 1.39. The van der Waals surface area contributed by atoms with Gasteiger partial charge in [0.2, 0.25) is 0 Å². The average Bonchev–Trinajstić information content (AvgIpc) is 2.38. The third-order valence-corrected chi connectivity index (χ3v) is 1.39. The molecule has 1 heteroatoms. The summed E-state index contributed by atoms with van der Waals surface area (Å²) in [6, 6.07) is 0. The molecule has 42 valence electrons. The van der Waals surface area contributed by atoms with Gasteiger partial charge in [-0.2, -0.15) is 0 Å². The van der Waals surface area contributed by atoms with E-state index in [1.54, 1.807) is 0 Å². The zero-order chi connectivity index (χ0) is 6.91. The van der Waals surface area contributed by atoms with Crippen molar-refractivity contribution in [2.75, 3.05) is 6.50 Å². The van der Waals surface area contributed by atoms with Crippen molar-refractivity contribution >= 4 is 0 Å². The van der Waals surface area contributed by atoms with Crippen LogP contribution >= 0.6 is 0 Å². The summed E-state index contributed by atoms with van der Waals surface area (Å²) in [4.78, 5) is 0. The third kappa shape index (κ3) is 1.93. The summed E-state index contributed by atoms with van der Waals surface area (Å²) in [5, 5.41) is 0. The van der Waals surface area contributed by atoms with Crippen molar-refractivity contribution in [3.8, 4) is 0 Å². The lowest BCUT2D eigenvalue weighted by Crippen LogP contribution is -1.97. The van der Waals surface area contributed by atoms with Gasteiger partial charge in [-0.3, -0.25) is 0 Å². The van der Waals surface area contributed by atoms with E-state index in [1.165, 1.54) is 12.8 Å². The van der Waals surface area contributed by atoms with Gasteiger partial charge < -0.3 is 5.73 Å². The predicted octanol–water partition coefficient (Wildman–Crippen LogP) is 1.14. The van der Waals surface area contributed by atoms with E-state index in [4.69, 9.17) is 8.48 Å². The number of hydrogen-bond acceptors (Lipinski definition) is 1. The highest BCUT2D eigenvalue weighted by Gasteiger charge is 2.19. The highest BCUT2D eigenvalue weighted by Crippen LogP contribution is 2.32. The first-order chi connectivity index (χ1) is 4.08. The van der Waals surface area contributed by atoms with E-state index in [0.29, 0.717) is 6.42 Å². The van der Waals surface area contributed by atoms with E-state index >= 15 is 0 Å². The Balaban J connectivity index is 2.03. The summed E-state index contributed by atoms with van der Waals surface area (Å²) < 4.78 is 14.0. The molecule has 1 nitrogen and oxygen atoms in total. The first-order valence-electron chi connectivity index (χ1n) is 3.87. The Morgan fingerprint density at radius 1 is 1.71 bits per heavy atom. The molecule has 0 amide bonds. The highest BCUT2D eigenvalue weighted by atomic mass is 14.5. The summed E-state index contributed by atoms with van der Waals surface area (Å²) in [7, 11) is 0. The monoisotopic (exact) mass is 101 g/mol. The molecule has 1 aliphatic carbocycles. The van der Waals surface area contributed by atoms with Crippen LogP contribution in [0.25, 0.3) is 0 Å². The van der Waals surface area contributed by atoms with Crippen molar-refractivity contribution in [1.29, 1.82) is 0 Å². The molecule has 1 saturated carbocycles. The maximum atomic E-state index is 7.00. The van der Waals surface area contributed by atoms with Gasteiger partial charge in [-0.05, 0) is 25.3 Å². The van der Waals surface area contributed by atoms with Crippen LogP contribution in [0.5, 0.6) is 0 Å². The first-order valence-corrected chi connectivity index (χ1v) is 2.87. The van der Waals surface area contributed by atoms with E-state index in [9.17, 15) is 0 Å². The van der Waals surface area contributed by atoms with E-state index in [2.05, 4.69) is 0 Å². The minimum Gasteiger partial charge on any atom is -0.330 e. The smallest absolute Gasteiger partial charge is 0.0425 e. The summed E-state index contributed by atoms with van der Waals surface area (Å²) in [6.07, 6.45) is 4.08. The molecule has 0 aromatic heterocycles. The average molecular weight is 101 g/mol. The molecule has 0 bridgehead atoms. The molecule has 0 aliphatic heterocycles. The summed E-state index contributed by atoms with van der Waals surface area (Å²) in [5.74, 6) is 0.795. The van der Waals surface area contributed by atoms with Crippen LogP contribution in [0.2, 0.25) is 0 Å². The standard InChI is InChI=1S/C6H13N/c7-5-1-2-6-3-4-6/h6H,1-5,7H2/i5D2. The molecule has 0 saturated heterocycles. The molecule has 2 N–H and O–H groups in total. The Kier molecular flexibility index (Phi) is 1.02. The Morgan fingerprint density at radius 2 is 2.43 bits per heavy atom. The minimum absolute atomic E-state index is 0.525. The Morgan fingerprint density at radius 3 is 2.86 bits per heavy atom. The maximum Gasteiger partial charge on any atom is 0.0425 e. The van der Waals surface area contributed by atoms with E-state index in [0.717, 1.165) is 12.3 Å². The van der Waals surface area contributed by atoms with E-state index in [1.807, 2.05) is 0 Å². The van der Waals surface area contributed by atoms with Crippen LogP contribution in [0, 0.1) is 5.92 Å². The molecular weight excluding hydrogens is 86.1 g/mol. The van der Waals surface area contributed by atoms with Gasteiger partial charge in [0, 0.05) is 2.74 Å². The second kappa shape index (κ2) is 2.31. The van der Waals surface area contributed by atoms with E-state index < -0.39 is 6.50 Å². The lowest BCUT2D eigenvalue weighted by atomic mass is 10.2. The lowest BCUT2D eigenvalue weighted by molar-refractivity contribution is 0.675. The van der Waals surface area contributed by atoms with Crippen LogP contribution in [0.3, 0.4) is 0 Å². The molecule has 1 aliphatic rings. The largest absolute Gasteiger partial charge is 0.330 e. The van der Waals surface area contributed by atoms with E-state index in [-0.39, 0.29) is 0 Å². The highest BCUT2D eigenvalue weighted by molar-refractivity contribution is 4.72. The fourth-order valence-corrected chi connectivity index (χ4v) is 0.694. The predicted molar refractivity (Wildman–Crippen MR) is 31.0 cm³/mol. The SMILES string of the molecule is [2H]C([2H])(N)CCC1CC1. The van der Waals surface area contributed by atoms with Gasteiger partial charge in [0.05, 0.1) is 0 Å². The van der Waals surface area contributed by atoms with Crippen molar-refractivity contribution in [3.05, 3.63) is 0 Å². The quantitative estimate of drug-likeness (QED) is 0.566. The summed E-state index contributed by atoms with van der Waals surface area (Å²) >= 11 is 0. The van der Waals surface area contributed by atoms with Crippen molar-refractivity contribution < 1.29 is 2.74 Å². The molecule has 0 heterocycles. The van der Waals surface area contributed by atoms with Gasteiger partial charge in [-0.1, -0.05) is 12.8 Å². The van der Waals surface area contributed by atoms with Crippen molar-refractivity contribution in [2.45, 2.75) is 25.7 Å². The minimum atomic E-state index is -1.43. The fraction of sp³-hybridized carbons (Fsp3) is 1.00. The number of rotatable bonds is 3. The topological polar surface area (TPSA) is 26.0 Å². The zero-order valence-electron chi connectivity index (χ0n) is 6.48. The van der Waals surface area contributed by atoms with Gasteiger partial charge in [-0.15, -0.1) is 0 Å². The van der Waals surface area contributed by atoms with Crippen LogP contribution in [-0.2, 0) is 0 Å². The Bertz CT molecular complexity index is 93.7. The molecule has 0 aromatic rings.